The van der Waals surface area contributed by atoms with E-state index in [1.165, 1.54) is 11.1 Å². The number of aromatic nitrogens is 2. The Kier molecular flexibility index (Phi) is 10.8. The summed E-state index contributed by atoms with van der Waals surface area (Å²) in [4.78, 5) is 16.0. The zero-order chi connectivity index (χ0) is 49.7. The van der Waals surface area contributed by atoms with Crippen LogP contribution in [0.15, 0.2) is 167 Å². The number of hydrogen-bond acceptors (Lipinski definition) is 6. The molecule has 0 spiro atoms. The van der Waals surface area contributed by atoms with Gasteiger partial charge in [-0.05, 0) is 122 Å². The normalized spacial score (nSPS) is 13.2. The van der Waals surface area contributed by atoms with Gasteiger partial charge in [-0.2, -0.15) is 0 Å². The lowest BCUT2D eigenvalue weighted by atomic mass is 9.67. The fourth-order valence-electron chi connectivity index (χ4n) is 11.0. The Bertz CT molecular complexity index is 3380. The Morgan fingerprint density at radius 3 is 1.07 bits per heavy atom. The third-order valence-electron chi connectivity index (χ3n) is 14.4. The van der Waals surface area contributed by atoms with Crippen molar-refractivity contribution < 1.29 is 8.83 Å². The largest absolute Gasteiger partial charge is 0.439 e. The SMILES string of the molecule is Cc1ccc(N(c2c(C)cccc2C)c2cc3c(c4oc(C(C)(C)C)nc24)-c2c(cc(N(c4ccc(C)cc4)c4c(C)cccc4C)c4nc(C(C)(C)C)oc24)C3(c2ccccc2)c2ccccc2)cc1. The van der Waals surface area contributed by atoms with E-state index in [-0.39, 0.29) is 0 Å². The third-order valence-corrected chi connectivity index (χ3v) is 14.4. The van der Waals surface area contributed by atoms with E-state index >= 15 is 0 Å². The van der Waals surface area contributed by atoms with Gasteiger partial charge >= 0.3 is 0 Å². The molecule has 0 radical (unpaired) electrons. The van der Waals surface area contributed by atoms with Crippen molar-refractivity contribution in [3.05, 3.63) is 225 Å². The molecule has 6 heteroatoms. The molecule has 354 valence electrons. The first-order valence-electron chi connectivity index (χ1n) is 24.9. The van der Waals surface area contributed by atoms with Gasteiger partial charge in [0.05, 0.1) is 28.2 Å². The number of benzene rings is 8. The molecule has 2 aromatic heterocycles. The lowest BCUT2D eigenvalue weighted by Gasteiger charge is -2.36. The molecule has 11 rings (SSSR count). The summed E-state index contributed by atoms with van der Waals surface area (Å²) in [7, 11) is 0. The Morgan fingerprint density at radius 1 is 0.408 bits per heavy atom. The summed E-state index contributed by atoms with van der Waals surface area (Å²) in [6.45, 7) is 26.2. The van der Waals surface area contributed by atoms with Crippen LogP contribution in [0.3, 0.4) is 0 Å². The zero-order valence-corrected chi connectivity index (χ0v) is 43.1. The predicted molar refractivity (Wildman–Crippen MR) is 294 cm³/mol. The number of fused-ring (bicyclic) bond motifs is 7. The van der Waals surface area contributed by atoms with E-state index in [1.54, 1.807) is 0 Å². The van der Waals surface area contributed by atoms with Crippen LogP contribution in [0.1, 0.15) is 109 Å². The smallest absolute Gasteiger partial charge is 0.200 e. The van der Waals surface area contributed by atoms with Crippen LogP contribution in [0.4, 0.5) is 34.1 Å². The lowest BCUT2D eigenvalue weighted by Crippen LogP contribution is -2.29. The first-order valence-corrected chi connectivity index (χ1v) is 24.9. The third kappa shape index (κ3) is 7.29. The van der Waals surface area contributed by atoms with Gasteiger partial charge < -0.3 is 18.6 Å². The van der Waals surface area contributed by atoms with E-state index < -0.39 is 16.2 Å². The maximum atomic E-state index is 7.41. The highest BCUT2D eigenvalue weighted by Crippen LogP contribution is 2.63. The lowest BCUT2D eigenvalue weighted by molar-refractivity contribution is 0.410. The molecule has 0 atom stereocenters. The quantitative estimate of drug-likeness (QED) is 0.151. The summed E-state index contributed by atoms with van der Waals surface area (Å²) in [5, 5.41) is 0. The van der Waals surface area contributed by atoms with Gasteiger partial charge in [0.1, 0.15) is 11.0 Å². The number of para-hydroxylation sites is 2. The van der Waals surface area contributed by atoms with Crippen LogP contribution < -0.4 is 9.80 Å². The van der Waals surface area contributed by atoms with Gasteiger partial charge in [-0.15, -0.1) is 0 Å². The predicted octanol–water partition coefficient (Wildman–Crippen LogP) is 17.7. The van der Waals surface area contributed by atoms with Crippen molar-refractivity contribution in [1.29, 1.82) is 0 Å². The van der Waals surface area contributed by atoms with Crippen molar-refractivity contribution in [2.24, 2.45) is 0 Å². The highest BCUT2D eigenvalue weighted by Gasteiger charge is 2.51. The van der Waals surface area contributed by atoms with Crippen LogP contribution in [-0.2, 0) is 16.2 Å². The summed E-state index contributed by atoms with van der Waals surface area (Å²) in [6.07, 6.45) is 0. The molecule has 0 aliphatic heterocycles. The molecule has 2 heterocycles. The van der Waals surface area contributed by atoms with E-state index in [1.807, 2.05) is 0 Å². The van der Waals surface area contributed by atoms with Crippen LogP contribution in [0.5, 0.6) is 0 Å². The van der Waals surface area contributed by atoms with Gasteiger partial charge in [-0.1, -0.05) is 174 Å². The second-order valence-corrected chi connectivity index (χ2v) is 21.8. The number of anilines is 6. The molecule has 1 aliphatic carbocycles. The number of rotatable bonds is 8. The number of oxazole rings is 2. The molecule has 8 aromatic carbocycles. The van der Waals surface area contributed by atoms with Crippen molar-refractivity contribution in [3.63, 3.8) is 0 Å². The first-order chi connectivity index (χ1) is 34.0. The molecule has 0 unspecified atom stereocenters. The Balaban J connectivity index is 1.39. The van der Waals surface area contributed by atoms with Gasteiger partial charge in [0.15, 0.2) is 11.2 Å². The number of nitrogens with zero attached hydrogens (tertiary/aromatic N) is 4. The average molecular weight is 931 g/mol. The molecular weight excluding hydrogens is 869 g/mol. The maximum Gasteiger partial charge on any atom is 0.200 e. The van der Waals surface area contributed by atoms with Crippen LogP contribution in [0.2, 0.25) is 0 Å². The van der Waals surface area contributed by atoms with Crippen LogP contribution in [0.25, 0.3) is 33.3 Å². The molecule has 10 aromatic rings. The van der Waals surface area contributed by atoms with E-state index in [0.717, 1.165) is 101 Å². The molecular formula is C65H62N4O2. The Labute approximate surface area is 418 Å². The first kappa shape index (κ1) is 45.7. The minimum Gasteiger partial charge on any atom is -0.439 e. The van der Waals surface area contributed by atoms with Crippen molar-refractivity contribution in [2.75, 3.05) is 9.80 Å². The van der Waals surface area contributed by atoms with Gasteiger partial charge in [-0.3, -0.25) is 0 Å². The summed E-state index contributed by atoms with van der Waals surface area (Å²) in [6, 6.07) is 57.7. The van der Waals surface area contributed by atoms with Gasteiger partial charge in [0, 0.05) is 33.3 Å². The van der Waals surface area contributed by atoms with Crippen molar-refractivity contribution >= 4 is 56.3 Å². The van der Waals surface area contributed by atoms with Crippen LogP contribution in [0, 0.1) is 41.5 Å². The highest BCUT2D eigenvalue weighted by atomic mass is 16.4. The van der Waals surface area contributed by atoms with Crippen LogP contribution >= 0.6 is 0 Å². The molecule has 0 fully saturated rings. The van der Waals surface area contributed by atoms with E-state index in [0.29, 0.717) is 22.9 Å². The van der Waals surface area contributed by atoms with Gasteiger partial charge in [-0.25, -0.2) is 9.97 Å². The average Bonchev–Trinajstić information content (AvgIpc) is 4.07. The minimum atomic E-state index is -0.901. The summed E-state index contributed by atoms with van der Waals surface area (Å²) >= 11 is 0. The zero-order valence-electron chi connectivity index (χ0n) is 43.1. The number of hydrogen-bond donors (Lipinski definition) is 0. The molecule has 0 N–H and O–H groups in total. The molecule has 6 nitrogen and oxygen atoms in total. The Hall–Kier alpha value is -7.70. The highest BCUT2D eigenvalue weighted by molar-refractivity contribution is 6.14. The van der Waals surface area contributed by atoms with Crippen molar-refractivity contribution in [3.8, 4) is 11.1 Å². The second-order valence-electron chi connectivity index (χ2n) is 21.8. The van der Waals surface area contributed by atoms with E-state index in [9.17, 15) is 0 Å². The summed E-state index contributed by atoms with van der Waals surface area (Å²) in [5.74, 6) is 1.32. The minimum absolute atomic E-state index is 0.418. The van der Waals surface area contributed by atoms with Crippen molar-refractivity contribution in [1.82, 2.24) is 9.97 Å². The molecule has 0 saturated carbocycles. The van der Waals surface area contributed by atoms with E-state index in [4.69, 9.17) is 18.8 Å². The molecule has 0 amide bonds. The number of aryl methyl sites for hydroxylation is 6. The fourth-order valence-corrected chi connectivity index (χ4v) is 11.0. The summed E-state index contributed by atoms with van der Waals surface area (Å²) < 4.78 is 14.8. The second kappa shape index (κ2) is 16.7. The maximum absolute atomic E-state index is 7.41. The van der Waals surface area contributed by atoms with Gasteiger partial charge in [0.25, 0.3) is 0 Å². The molecule has 0 bridgehead atoms. The van der Waals surface area contributed by atoms with Crippen molar-refractivity contribution in [2.45, 2.75) is 99.3 Å². The Morgan fingerprint density at radius 2 is 0.746 bits per heavy atom. The monoisotopic (exact) mass is 930 g/mol. The molecule has 71 heavy (non-hydrogen) atoms. The van der Waals surface area contributed by atoms with E-state index in [2.05, 4.69) is 251 Å². The topological polar surface area (TPSA) is 58.5 Å². The molecule has 1 aliphatic rings. The van der Waals surface area contributed by atoms with Crippen LogP contribution in [-0.4, -0.2) is 9.97 Å². The molecule has 0 saturated heterocycles. The summed E-state index contributed by atoms with van der Waals surface area (Å²) in [5.41, 5.74) is 20.7. The van der Waals surface area contributed by atoms with Gasteiger partial charge in [0.2, 0.25) is 11.8 Å². The fraction of sp³-hybridized carbons (Fsp3) is 0.231. The standard InChI is InChI=1S/C65H62N4O2/c1-39-29-33-47(34-30-39)68(57-41(3)21-19-22-42(57)4)51-37-49-53(59-55(51)66-61(70-59)63(7,8)9)54-50(65(49,45-25-15-13-16-26-45)46-27-17-14-18-28-46)38-52(56-60(54)71-62(67-56)64(10,11)12)69(48-35-31-40(2)32-36-48)58-43(5)23-20-24-44(58)6/h13-38H,1-12H3.